The Hall–Kier alpha value is -2.25. The molecule has 2 fully saturated rings. The standard InChI is InChI=1S/C22H29F3N2O3/c1-14-6-8-16(9-7-14)17-13-26(18(28)21(10-11-21)22(23,24)25)15(2)12-27(17)19(29)30-20(3,4)5/h6-9,15,17H,10-13H2,1-5H3/t15-,17+/m1/s1. The number of rotatable bonds is 2. The van der Waals surface area contributed by atoms with Crippen molar-refractivity contribution in [3.05, 3.63) is 35.4 Å². The maximum Gasteiger partial charge on any atom is 0.410 e. The minimum absolute atomic E-state index is 0.000133. The first-order chi connectivity index (χ1) is 13.7. The first-order valence-corrected chi connectivity index (χ1v) is 10.2. The molecule has 2 aliphatic rings. The number of hydrogen-bond acceptors (Lipinski definition) is 3. The highest BCUT2D eigenvalue weighted by molar-refractivity contribution is 5.87. The molecule has 0 unspecified atom stereocenters. The minimum Gasteiger partial charge on any atom is -0.444 e. The van der Waals surface area contributed by atoms with E-state index in [1.54, 1.807) is 27.7 Å². The first-order valence-electron chi connectivity index (χ1n) is 10.2. The van der Waals surface area contributed by atoms with Gasteiger partial charge in [0, 0.05) is 19.1 Å². The molecule has 1 saturated heterocycles. The Kier molecular flexibility index (Phi) is 5.58. The average Bonchev–Trinajstić information content (AvgIpc) is 3.42. The van der Waals surface area contributed by atoms with Crippen LogP contribution in [0.5, 0.6) is 0 Å². The van der Waals surface area contributed by atoms with Crippen molar-refractivity contribution < 1.29 is 27.5 Å². The van der Waals surface area contributed by atoms with Crippen LogP contribution in [0.15, 0.2) is 24.3 Å². The number of nitrogens with zero attached hydrogens (tertiary/aromatic N) is 2. The fraction of sp³-hybridized carbons (Fsp3) is 0.636. The van der Waals surface area contributed by atoms with Gasteiger partial charge in [0.15, 0.2) is 0 Å². The fourth-order valence-corrected chi connectivity index (χ4v) is 3.87. The zero-order valence-corrected chi connectivity index (χ0v) is 18.0. The highest BCUT2D eigenvalue weighted by Gasteiger charge is 2.70. The maximum atomic E-state index is 13.6. The number of alkyl halides is 3. The molecule has 2 atom stereocenters. The number of benzene rings is 1. The van der Waals surface area contributed by atoms with E-state index in [-0.39, 0.29) is 25.9 Å². The number of hydrogen-bond donors (Lipinski definition) is 0. The molecular formula is C22H29F3N2O3. The molecule has 1 aliphatic heterocycles. The summed E-state index contributed by atoms with van der Waals surface area (Å²) in [7, 11) is 0. The van der Waals surface area contributed by atoms with E-state index in [1.807, 2.05) is 31.2 Å². The van der Waals surface area contributed by atoms with E-state index in [0.717, 1.165) is 11.1 Å². The van der Waals surface area contributed by atoms with Crippen LogP contribution >= 0.6 is 0 Å². The minimum atomic E-state index is -4.56. The molecule has 166 valence electrons. The Balaban J connectivity index is 1.92. The van der Waals surface area contributed by atoms with Gasteiger partial charge in [-0.15, -0.1) is 0 Å². The molecule has 5 nitrogen and oxygen atoms in total. The average molecular weight is 426 g/mol. The number of carbonyl (C=O) groups excluding carboxylic acids is 2. The summed E-state index contributed by atoms with van der Waals surface area (Å²) in [5.41, 5.74) is -1.20. The molecule has 0 spiro atoms. The Labute approximate surface area is 175 Å². The predicted molar refractivity (Wildman–Crippen MR) is 106 cm³/mol. The summed E-state index contributed by atoms with van der Waals surface area (Å²) in [6, 6.07) is 6.31. The highest BCUT2D eigenvalue weighted by Crippen LogP contribution is 2.59. The monoisotopic (exact) mass is 426 g/mol. The molecule has 0 aromatic heterocycles. The third kappa shape index (κ3) is 4.27. The van der Waals surface area contributed by atoms with Crippen LogP contribution in [0, 0.1) is 12.3 Å². The predicted octanol–water partition coefficient (Wildman–Crippen LogP) is 4.85. The van der Waals surface area contributed by atoms with Crippen LogP contribution in [0.3, 0.4) is 0 Å². The van der Waals surface area contributed by atoms with Crippen LogP contribution in [0.4, 0.5) is 18.0 Å². The van der Waals surface area contributed by atoms with E-state index in [2.05, 4.69) is 0 Å². The van der Waals surface area contributed by atoms with Crippen LogP contribution in [0.2, 0.25) is 0 Å². The van der Waals surface area contributed by atoms with Crippen molar-refractivity contribution in [2.75, 3.05) is 13.1 Å². The molecule has 1 saturated carbocycles. The lowest BCUT2D eigenvalue weighted by atomic mass is 9.96. The number of halogens is 3. The number of ether oxygens (including phenoxy) is 1. The van der Waals surface area contributed by atoms with Crippen LogP contribution in [-0.2, 0) is 9.53 Å². The van der Waals surface area contributed by atoms with Crippen molar-refractivity contribution >= 4 is 12.0 Å². The van der Waals surface area contributed by atoms with Crippen molar-refractivity contribution in [1.82, 2.24) is 9.80 Å². The van der Waals surface area contributed by atoms with Gasteiger partial charge in [-0.25, -0.2) is 4.79 Å². The van der Waals surface area contributed by atoms with Crippen LogP contribution in [0.25, 0.3) is 0 Å². The molecule has 1 aromatic carbocycles. The first kappa shape index (κ1) is 22.4. The fourth-order valence-electron chi connectivity index (χ4n) is 3.87. The van der Waals surface area contributed by atoms with Crippen molar-refractivity contribution in [2.45, 2.75) is 71.3 Å². The summed E-state index contributed by atoms with van der Waals surface area (Å²) in [6.45, 7) is 8.98. The lowest BCUT2D eigenvalue weighted by Crippen LogP contribution is -2.59. The van der Waals surface area contributed by atoms with Crippen LogP contribution in [-0.4, -0.2) is 52.7 Å². The van der Waals surface area contributed by atoms with Crippen LogP contribution in [0.1, 0.15) is 57.7 Å². The van der Waals surface area contributed by atoms with Gasteiger partial charge < -0.3 is 9.64 Å². The Morgan fingerprint density at radius 1 is 1.03 bits per heavy atom. The quantitative estimate of drug-likeness (QED) is 0.680. The number of carbonyl (C=O) groups is 2. The van der Waals surface area contributed by atoms with Gasteiger partial charge in [-0.2, -0.15) is 13.2 Å². The van der Waals surface area contributed by atoms with Gasteiger partial charge >= 0.3 is 12.3 Å². The Morgan fingerprint density at radius 3 is 2.07 bits per heavy atom. The summed E-state index contributed by atoms with van der Waals surface area (Å²) >= 11 is 0. The van der Waals surface area contributed by atoms with Gasteiger partial charge in [0.2, 0.25) is 5.91 Å². The largest absolute Gasteiger partial charge is 0.444 e. The van der Waals surface area contributed by atoms with E-state index in [4.69, 9.17) is 4.74 Å². The van der Waals surface area contributed by atoms with E-state index < -0.39 is 41.3 Å². The van der Waals surface area contributed by atoms with Gasteiger partial charge in [0.05, 0.1) is 6.04 Å². The second-order valence-electron chi connectivity index (χ2n) is 9.45. The molecule has 8 heteroatoms. The lowest BCUT2D eigenvalue weighted by Gasteiger charge is -2.46. The van der Waals surface area contributed by atoms with Gasteiger partial charge in [-0.05, 0) is 53.0 Å². The van der Waals surface area contributed by atoms with Crippen molar-refractivity contribution in [3.63, 3.8) is 0 Å². The van der Waals surface area contributed by atoms with E-state index in [0.29, 0.717) is 0 Å². The summed E-state index contributed by atoms with van der Waals surface area (Å²) in [5, 5.41) is 0. The SMILES string of the molecule is Cc1ccc([C@@H]2CN(C(=O)C3(C(F)(F)F)CC3)[C@H](C)CN2C(=O)OC(C)(C)C)cc1. The second kappa shape index (κ2) is 7.46. The smallest absolute Gasteiger partial charge is 0.410 e. The highest BCUT2D eigenvalue weighted by atomic mass is 19.4. The summed E-state index contributed by atoms with van der Waals surface area (Å²) in [6.07, 6.45) is -5.46. The van der Waals surface area contributed by atoms with Crippen LogP contribution < -0.4 is 0 Å². The molecule has 0 N–H and O–H groups in total. The molecule has 2 amide bonds. The van der Waals surface area contributed by atoms with Crippen molar-refractivity contribution in [2.24, 2.45) is 5.41 Å². The normalized spacial score (nSPS) is 23.9. The third-order valence-corrected chi connectivity index (χ3v) is 5.79. The molecule has 0 bridgehead atoms. The molecule has 30 heavy (non-hydrogen) atoms. The Bertz CT molecular complexity index is 810. The summed E-state index contributed by atoms with van der Waals surface area (Å²) < 4.78 is 46.2. The van der Waals surface area contributed by atoms with Gasteiger partial charge in [-0.1, -0.05) is 29.8 Å². The number of amides is 2. The molecule has 3 rings (SSSR count). The number of piperazine rings is 1. The van der Waals surface area contributed by atoms with E-state index >= 15 is 0 Å². The summed E-state index contributed by atoms with van der Waals surface area (Å²) in [5.74, 6) is -0.886. The molecule has 1 aliphatic carbocycles. The van der Waals surface area contributed by atoms with Gasteiger partial charge in [0.1, 0.15) is 11.0 Å². The molecule has 1 heterocycles. The molecule has 1 aromatic rings. The Morgan fingerprint density at radius 2 is 1.60 bits per heavy atom. The maximum absolute atomic E-state index is 13.6. The third-order valence-electron chi connectivity index (χ3n) is 5.79. The number of aryl methyl sites for hydroxylation is 1. The summed E-state index contributed by atoms with van der Waals surface area (Å²) in [4.78, 5) is 28.6. The molecule has 0 radical (unpaired) electrons. The lowest BCUT2D eigenvalue weighted by molar-refractivity contribution is -0.201. The topological polar surface area (TPSA) is 49.9 Å². The van der Waals surface area contributed by atoms with Crippen molar-refractivity contribution in [3.8, 4) is 0 Å². The second-order valence-corrected chi connectivity index (χ2v) is 9.45. The van der Waals surface area contributed by atoms with E-state index in [9.17, 15) is 22.8 Å². The van der Waals surface area contributed by atoms with Gasteiger partial charge in [-0.3, -0.25) is 9.69 Å². The van der Waals surface area contributed by atoms with Crippen molar-refractivity contribution in [1.29, 1.82) is 0 Å². The molecular weight excluding hydrogens is 397 g/mol. The van der Waals surface area contributed by atoms with Gasteiger partial charge in [0.25, 0.3) is 0 Å². The van der Waals surface area contributed by atoms with E-state index in [1.165, 1.54) is 9.80 Å². The zero-order chi connectivity index (χ0) is 22.5. The zero-order valence-electron chi connectivity index (χ0n) is 18.0.